The second kappa shape index (κ2) is 5.81. The summed E-state index contributed by atoms with van der Waals surface area (Å²) in [7, 11) is 2.00. The maximum Gasteiger partial charge on any atom is 0.120 e. The Morgan fingerprint density at radius 2 is 2.16 bits per heavy atom. The Bertz CT molecular complexity index is 565. The smallest absolute Gasteiger partial charge is 0.120 e. The van der Waals surface area contributed by atoms with Crippen molar-refractivity contribution in [2.75, 3.05) is 7.05 Å². The van der Waals surface area contributed by atoms with Crippen LogP contribution < -0.4 is 10.1 Å². The van der Waals surface area contributed by atoms with Crippen molar-refractivity contribution in [2.24, 2.45) is 0 Å². The lowest BCUT2D eigenvalue weighted by molar-refractivity contribution is 0.302. The van der Waals surface area contributed by atoms with Gasteiger partial charge in [-0.05, 0) is 77.2 Å². The predicted molar refractivity (Wildman–Crippen MR) is 88.0 cm³/mol. The summed E-state index contributed by atoms with van der Waals surface area (Å²) in [6.45, 7) is 0. The van der Waals surface area contributed by atoms with Crippen LogP contribution in [0.1, 0.15) is 30.0 Å². The van der Waals surface area contributed by atoms with Gasteiger partial charge in [0.1, 0.15) is 5.75 Å². The molecular weight excluding hydrogens is 369 g/mol. The molecule has 0 saturated heterocycles. The van der Waals surface area contributed by atoms with Crippen molar-refractivity contribution in [1.29, 1.82) is 0 Å². The average molecular weight is 385 g/mol. The van der Waals surface area contributed by atoms with Crippen molar-refractivity contribution in [3.05, 3.63) is 49.7 Å². The summed E-state index contributed by atoms with van der Waals surface area (Å²) in [5.41, 5.74) is 2.58. The molecule has 1 aliphatic carbocycles. The van der Waals surface area contributed by atoms with Crippen LogP contribution in [-0.4, -0.2) is 13.2 Å². The first-order valence-corrected chi connectivity index (χ1v) is 8.40. The summed E-state index contributed by atoms with van der Waals surface area (Å²) < 4.78 is 7.19. The number of thiophene rings is 1. The minimum atomic E-state index is 0.238. The lowest BCUT2D eigenvalue weighted by Crippen LogP contribution is -2.17. The van der Waals surface area contributed by atoms with Gasteiger partial charge in [-0.3, -0.25) is 0 Å². The molecule has 19 heavy (non-hydrogen) atoms. The molecule has 100 valence electrons. The topological polar surface area (TPSA) is 21.3 Å². The summed E-state index contributed by atoms with van der Waals surface area (Å²) in [6, 6.07) is 10.9. The minimum absolute atomic E-state index is 0.238. The highest BCUT2D eigenvalue weighted by Crippen LogP contribution is 2.31. The standard InChI is InChI=1S/C15H16INOS/c1-17-15(11-8-14(16)19-9-11)10-3-2-4-13(7-10)18-12-5-6-12/h2-4,7-9,12,15,17H,5-6H2,1H3. The molecule has 0 bridgehead atoms. The number of hydrogen-bond donors (Lipinski definition) is 1. The normalized spacial score (nSPS) is 16.3. The number of hydrogen-bond acceptors (Lipinski definition) is 3. The van der Waals surface area contributed by atoms with E-state index in [1.54, 1.807) is 11.3 Å². The summed E-state index contributed by atoms with van der Waals surface area (Å²) in [6.07, 6.45) is 2.84. The Morgan fingerprint density at radius 1 is 1.32 bits per heavy atom. The van der Waals surface area contributed by atoms with Gasteiger partial charge in [-0.25, -0.2) is 0 Å². The van der Waals surface area contributed by atoms with Gasteiger partial charge < -0.3 is 10.1 Å². The first-order chi connectivity index (χ1) is 9.26. The number of rotatable bonds is 5. The van der Waals surface area contributed by atoms with Crippen LogP contribution in [0.3, 0.4) is 0 Å². The van der Waals surface area contributed by atoms with Gasteiger partial charge in [-0.15, -0.1) is 11.3 Å². The van der Waals surface area contributed by atoms with Crippen LogP contribution in [0.25, 0.3) is 0 Å². The molecule has 4 heteroatoms. The fourth-order valence-corrected chi connectivity index (χ4v) is 3.54. The van der Waals surface area contributed by atoms with Crippen LogP contribution in [0.5, 0.6) is 5.75 Å². The molecule has 1 atom stereocenters. The Labute approximate surface area is 131 Å². The van der Waals surface area contributed by atoms with E-state index in [0.717, 1.165) is 5.75 Å². The summed E-state index contributed by atoms with van der Waals surface area (Å²) in [5.74, 6) is 0.991. The molecule has 0 aliphatic heterocycles. The number of nitrogens with one attached hydrogen (secondary N) is 1. The first kappa shape index (κ1) is 13.4. The molecule has 1 aliphatic rings. The minimum Gasteiger partial charge on any atom is -0.490 e. The highest BCUT2D eigenvalue weighted by molar-refractivity contribution is 14.1. The maximum atomic E-state index is 5.88. The van der Waals surface area contributed by atoms with Crippen molar-refractivity contribution in [1.82, 2.24) is 5.32 Å². The highest BCUT2D eigenvalue weighted by Gasteiger charge is 2.24. The van der Waals surface area contributed by atoms with Crippen LogP contribution in [-0.2, 0) is 0 Å². The fraction of sp³-hybridized carbons (Fsp3) is 0.333. The van der Waals surface area contributed by atoms with Crippen molar-refractivity contribution in [3.8, 4) is 5.75 Å². The van der Waals surface area contributed by atoms with Gasteiger partial charge >= 0.3 is 0 Å². The van der Waals surface area contributed by atoms with Gasteiger partial charge in [0.15, 0.2) is 0 Å². The summed E-state index contributed by atoms with van der Waals surface area (Å²) in [5, 5.41) is 5.61. The molecule has 0 amide bonds. The molecule has 3 rings (SSSR count). The number of halogens is 1. The Hall–Kier alpha value is -0.590. The third-order valence-corrected chi connectivity index (χ3v) is 5.04. The molecule has 1 N–H and O–H groups in total. The third kappa shape index (κ3) is 3.30. The van der Waals surface area contributed by atoms with Gasteiger partial charge in [0, 0.05) is 0 Å². The SMILES string of the molecule is CNC(c1cccc(OC2CC2)c1)c1csc(I)c1. The quantitative estimate of drug-likeness (QED) is 0.779. The zero-order valence-electron chi connectivity index (χ0n) is 10.7. The summed E-state index contributed by atoms with van der Waals surface area (Å²) >= 11 is 4.15. The number of ether oxygens (including phenoxy) is 1. The number of benzene rings is 1. The third-order valence-electron chi connectivity index (χ3n) is 3.23. The molecule has 1 aromatic heterocycles. The zero-order chi connectivity index (χ0) is 13.2. The predicted octanol–water partition coefficient (Wildman–Crippen LogP) is 4.20. The largest absolute Gasteiger partial charge is 0.490 e. The van der Waals surface area contributed by atoms with E-state index in [1.165, 1.54) is 26.9 Å². The Kier molecular flexibility index (Phi) is 4.10. The first-order valence-electron chi connectivity index (χ1n) is 6.44. The van der Waals surface area contributed by atoms with Gasteiger partial charge in [0.25, 0.3) is 0 Å². The van der Waals surface area contributed by atoms with Crippen LogP contribution in [0.4, 0.5) is 0 Å². The van der Waals surface area contributed by atoms with Crippen molar-refractivity contribution in [3.63, 3.8) is 0 Å². The molecule has 1 fully saturated rings. The Morgan fingerprint density at radius 3 is 2.79 bits per heavy atom. The molecule has 1 saturated carbocycles. The van der Waals surface area contributed by atoms with Gasteiger partial charge in [-0.1, -0.05) is 12.1 Å². The van der Waals surface area contributed by atoms with Crippen molar-refractivity contribution in [2.45, 2.75) is 25.0 Å². The van der Waals surface area contributed by atoms with Crippen LogP contribution >= 0.6 is 33.9 Å². The van der Waals surface area contributed by atoms with E-state index in [2.05, 4.69) is 57.6 Å². The molecule has 0 spiro atoms. The van der Waals surface area contributed by atoms with E-state index in [0.29, 0.717) is 6.10 Å². The van der Waals surface area contributed by atoms with E-state index in [9.17, 15) is 0 Å². The molecule has 2 aromatic rings. The van der Waals surface area contributed by atoms with Crippen molar-refractivity contribution < 1.29 is 4.74 Å². The van der Waals surface area contributed by atoms with Crippen LogP contribution in [0.2, 0.25) is 0 Å². The van der Waals surface area contributed by atoms with E-state index >= 15 is 0 Å². The molecule has 1 aromatic carbocycles. The second-order valence-corrected chi connectivity index (χ2v) is 7.60. The molecule has 2 nitrogen and oxygen atoms in total. The summed E-state index contributed by atoms with van der Waals surface area (Å²) in [4.78, 5) is 0. The van der Waals surface area contributed by atoms with Crippen LogP contribution in [0.15, 0.2) is 35.7 Å². The van der Waals surface area contributed by atoms with E-state index < -0.39 is 0 Å². The molecule has 1 unspecified atom stereocenters. The monoisotopic (exact) mass is 385 g/mol. The van der Waals surface area contributed by atoms with E-state index in [4.69, 9.17) is 4.74 Å². The van der Waals surface area contributed by atoms with E-state index in [-0.39, 0.29) is 6.04 Å². The Balaban J connectivity index is 1.85. The van der Waals surface area contributed by atoms with Gasteiger partial charge in [0.05, 0.1) is 15.0 Å². The fourth-order valence-electron chi connectivity index (χ4n) is 2.15. The lowest BCUT2D eigenvalue weighted by Gasteiger charge is -2.16. The highest BCUT2D eigenvalue weighted by atomic mass is 127. The van der Waals surface area contributed by atoms with Crippen LogP contribution in [0, 0.1) is 2.88 Å². The molecule has 1 heterocycles. The molecular formula is C15H16INOS. The average Bonchev–Trinajstić information content (AvgIpc) is 3.12. The zero-order valence-corrected chi connectivity index (χ0v) is 13.7. The molecule has 0 radical (unpaired) electrons. The van der Waals surface area contributed by atoms with Gasteiger partial charge in [-0.2, -0.15) is 0 Å². The lowest BCUT2D eigenvalue weighted by atomic mass is 10.0. The van der Waals surface area contributed by atoms with E-state index in [1.807, 2.05) is 13.1 Å². The van der Waals surface area contributed by atoms with Crippen molar-refractivity contribution >= 4 is 33.9 Å². The maximum absolute atomic E-state index is 5.88. The second-order valence-electron chi connectivity index (χ2n) is 4.80. The van der Waals surface area contributed by atoms with Gasteiger partial charge in [0.2, 0.25) is 0 Å².